The monoisotopic (exact) mass is 529 g/mol. The van der Waals surface area contributed by atoms with Crippen molar-refractivity contribution in [3.05, 3.63) is 78.4 Å². The molecule has 0 unspecified atom stereocenters. The van der Waals surface area contributed by atoms with Gasteiger partial charge in [-0.05, 0) is 42.7 Å². The van der Waals surface area contributed by atoms with Crippen molar-refractivity contribution in [2.24, 2.45) is 0 Å². The Morgan fingerprint density at radius 2 is 1.64 bits per heavy atom. The molecule has 1 fully saturated rings. The third-order valence-electron chi connectivity index (χ3n) is 7.50. The van der Waals surface area contributed by atoms with Gasteiger partial charge in [-0.1, -0.05) is 48.5 Å². The van der Waals surface area contributed by atoms with Crippen molar-refractivity contribution in [2.75, 3.05) is 46.5 Å². The maximum Gasteiger partial charge on any atom is 0.222 e. The molecule has 0 bridgehead atoms. The van der Waals surface area contributed by atoms with Gasteiger partial charge in [0.05, 0.1) is 25.9 Å². The van der Waals surface area contributed by atoms with Crippen LogP contribution in [0.2, 0.25) is 0 Å². The molecule has 0 aliphatic carbocycles. The maximum absolute atomic E-state index is 11.7. The number of hydrogen-bond donors (Lipinski definition) is 1. The summed E-state index contributed by atoms with van der Waals surface area (Å²) in [5.41, 5.74) is 3.44. The van der Waals surface area contributed by atoms with Crippen LogP contribution in [-0.4, -0.2) is 78.0 Å². The van der Waals surface area contributed by atoms with Crippen LogP contribution in [0.25, 0.3) is 21.8 Å². The van der Waals surface area contributed by atoms with Crippen molar-refractivity contribution >= 4 is 27.7 Å². The molecule has 3 aromatic carbocycles. The third-order valence-corrected chi connectivity index (χ3v) is 7.50. The number of amides is 1. The van der Waals surface area contributed by atoms with Gasteiger partial charge in [0.2, 0.25) is 5.91 Å². The highest BCUT2D eigenvalue weighted by molar-refractivity contribution is 6.07. The Morgan fingerprint density at radius 3 is 2.28 bits per heavy atom. The van der Waals surface area contributed by atoms with E-state index in [1.54, 1.807) is 7.11 Å². The average Bonchev–Trinajstić information content (AvgIpc) is 3.51. The summed E-state index contributed by atoms with van der Waals surface area (Å²) in [6.07, 6.45) is 1.95. The normalized spacial score (nSPS) is 14.6. The molecule has 1 saturated heterocycles. The van der Waals surface area contributed by atoms with E-state index in [9.17, 15) is 9.90 Å². The summed E-state index contributed by atoms with van der Waals surface area (Å²) < 4.78 is 13.5. The van der Waals surface area contributed by atoms with Gasteiger partial charge in [-0.25, -0.2) is 0 Å². The number of aromatic nitrogens is 1. The summed E-state index contributed by atoms with van der Waals surface area (Å²) >= 11 is 0. The van der Waals surface area contributed by atoms with Gasteiger partial charge >= 0.3 is 0 Å². The Bertz CT molecular complexity index is 1310. The van der Waals surface area contributed by atoms with E-state index in [4.69, 9.17) is 9.47 Å². The van der Waals surface area contributed by atoms with Gasteiger partial charge in [0, 0.05) is 68.1 Å². The molecular formula is C32H39N3O4. The molecule has 4 aromatic rings. The molecule has 1 aliphatic heterocycles. The summed E-state index contributed by atoms with van der Waals surface area (Å²) in [5, 5.41) is 13.6. The minimum atomic E-state index is -0.536. The zero-order chi connectivity index (χ0) is 27.0. The largest absolute Gasteiger partial charge is 0.494 e. The molecule has 0 spiro atoms. The van der Waals surface area contributed by atoms with Crippen molar-refractivity contribution in [1.29, 1.82) is 0 Å². The highest BCUT2D eigenvalue weighted by Gasteiger charge is 2.19. The molecule has 1 N–H and O–H groups in total. The van der Waals surface area contributed by atoms with Crippen LogP contribution in [0.1, 0.15) is 24.8 Å². The molecule has 1 amide bonds. The first-order chi connectivity index (χ1) is 19.1. The van der Waals surface area contributed by atoms with E-state index in [-0.39, 0.29) is 5.91 Å². The van der Waals surface area contributed by atoms with Gasteiger partial charge in [0.1, 0.15) is 5.75 Å². The number of aliphatic hydroxyl groups excluding tert-OH is 1. The fraction of sp³-hybridized carbons (Fsp3) is 0.406. The van der Waals surface area contributed by atoms with E-state index in [1.807, 2.05) is 17.0 Å². The minimum Gasteiger partial charge on any atom is -0.494 e. The molecule has 1 aliphatic rings. The molecule has 7 heteroatoms. The highest BCUT2D eigenvalue weighted by Crippen LogP contribution is 2.29. The predicted octanol–water partition coefficient (Wildman–Crippen LogP) is 4.70. The van der Waals surface area contributed by atoms with Crippen LogP contribution in [0.4, 0.5) is 0 Å². The molecule has 206 valence electrons. The number of methoxy groups -OCH3 is 1. The lowest BCUT2D eigenvalue weighted by Crippen LogP contribution is -2.36. The standard InChI is InChI=1S/C32H39N3O4/c1-38-21-19-33(22-25-13-15-27(16-14-25)39-20-7-18-34-17-6-12-32(34)37)23-26(36)24-35-30-10-4-2-8-28(30)29-9-3-5-11-31(29)35/h2-5,8-11,13-16,26,36H,6-7,12,17-24H2,1H3/t26-/m1/s1. The smallest absolute Gasteiger partial charge is 0.222 e. The summed E-state index contributed by atoms with van der Waals surface area (Å²) in [7, 11) is 1.71. The van der Waals surface area contributed by atoms with Crippen LogP contribution < -0.4 is 4.74 Å². The molecule has 1 atom stereocenters. The average molecular weight is 530 g/mol. The van der Waals surface area contributed by atoms with E-state index >= 15 is 0 Å². The molecule has 7 nitrogen and oxygen atoms in total. The fourth-order valence-corrected chi connectivity index (χ4v) is 5.56. The first-order valence-electron chi connectivity index (χ1n) is 14.0. The Balaban J connectivity index is 1.17. The van der Waals surface area contributed by atoms with Gasteiger partial charge in [-0.15, -0.1) is 0 Å². The number of aliphatic hydroxyl groups is 1. The topological polar surface area (TPSA) is 67.2 Å². The van der Waals surface area contributed by atoms with Gasteiger partial charge in [-0.3, -0.25) is 9.69 Å². The van der Waals surface area contributed by atoms with Gasteiger partial charge in [0.25, 0.3) is 0 Å². The second kappa shape index (κ2) is 13.1. The van der Waals surface area contributed by atoms with Crippen molar-refractivity contribution in [3.63, 3.8) is 0 Å². The van der Waals surface area contributed by atoms with Gasteiger partial charge in [0.15, 0.2) is 0 Å². The number of carbonyl (C=O) groups excluding carboxylic acids is 1. The van der Waals surface area contributed by atoms with E-state index in [2.05, 4.69) is 70.1 Å². The minimum absolute atomic E-state index is 0.262. The quantitative estimate of drug-likeness (QED) is 0.240. The lowest BCUT2D eigenvalue weighted by Gasteiger charge is -2.25. The van der Waals surface area contributed by atoms with Crippen molar-refractivity contribution in [2.45, 2.75) is 38.5 Å². The summed E-state index contributed by atoms with van der Waals surface area (Å²) in [6, 6.07) is 24.9. The number of likely N-dealkylation sites (tertiary alicyclic amines) is 1. The molecular weight excluding hydrogens is 490 g/mol. The second-order valence-corrected chi connectivity index (χ2v) is 10.4. The molecule has 39 heavy (non-hydrogen) atoms. The van der Waals surface area contributed by atoms with Crippen LogP contribution >= 0.6 is 0 Å². The Morgan fingerprint density at radius 1 is 0.949 bits per heavy atom. The van der Waals surface area contributed by atoms with Crippen molar-refractivity contribution in [3.8, 4) is 5.75 Å². The molecule has 5 rings (SSSR count). The third kappa shape index (κ3) is 6.79. The van der Waals surface area contributed by atoms with Crippen LogP contribution in [0, 0.1) is 0 Å². The van der Waals surface area contributed by atoms with Crippen LogP contribution in [0.3, 0.4) is 0 Å². The molecule has 0 saturated carbocycles. The van der Waals surface area contributed by atoms with E-state index in [1.165, 1.54) is 10.8 Å². The Kier molecular flexibility index (Phi) is 9.14. The highest BCUT2D eigenvalue weighted by atomic mass is 16.5. The van der Waals surface area contributed by atoms with Crippen molar-refractivity contribution < 1.29 is 19.4 Å². The Labute approximate surface area is 230 Å². The predicted molar refractivity (Wildman–Crippen MR) is 155 cm³/mol. The number of carbonyl (C=O) groups is 1. The van der Waals surface area contributed by atoms with Crippen LogP contribution in [0.5, 0.6) is 5.75 Å². The first kappa shape index (κ1) is 27.2. The number of para-hydroxylation sites is 2. The van der Waals surface area contributed by atoms with Crippen LogP contribution in [0.15, 0.2) is 72.8 Å². The summed E-state index contributed by atoms with van der Waals surface area (Å²) in [5.74, 6) is 1.10. The van der Waals surface area contributed by atoms with E-state index in [0.29, 0.717) is 39.3 Å². The molecule has 0 radical (unpaired) electrons. The molecule has 2 heterocycles. The molecule has 1 aromatic heterocycles. The number of rotatable bonds is 14. The maximum atomic E-state index is 11.7. The fourth-order valence-electron chi connectivity index (χ4n) is 5.56. The SMILES string of the molecule is COCCN(Cc1ccc(OCCCN2CCCC2=O)cc1)C[C@@H](O)Cn1c2ccccc2c2ccccc21. The van der Waals surface area contributed by atoms with Crippen LogP contribution in [-0.2, 0) is 22.6 Å². The lowest BCUT2D eigenvalue weighted by atomic mass is 10.2. The van der Waals surface area contributed by atoms with Gasteiger partial charge in [-0.2, -0.15) is 0 Å². The van der Waals surface area contributed by atoms with Crippen molar-refractivity contribution in [1.82, 2.24) is 14.4 Å². The van der Waals surface area contributed by atoms with Gasteiger partial charge < -0.3 is 24.0 Å². The number of hydrogen-bond acceptors (Lipinski definition) is 5. The zero-order valence-corrected chi connectivity index (χ0v) is 22.8. The first-order valence-corrected chi connectivity index (χ1v) is 14.0. The number of ether oxygens (including phenoxy) is 2. The zero-order valence-electron chi connectivity index (χ0n) is 22.8. The lowest BCUT2D eigenvalue weighted by molar-refractivity contribution is -0.127. The second-order valence-electron chi connectivity index (χ2n) is 10.4. The van der Waals surface area contributed by atoms with E-state index in [0.717, 1.165) is 54.8 Å². The Hall–Kier alpha value is -3.39. The number of fused-ring (bicyclic) bond motifs is 3. The summed E-state index contributed by atoms with van der Waals surface area (Å²) in [4.78, 5) is 15.9. The summed E-state index contributed by atoms with van der Waals surface area (Å²) in [6.45, 7) is 5.34. The number of nitrogens with zero attached hydrogens (tertiary/aromatic N) is 3. The number of benzene rings is 3. The van der Waals surface area contributed by atoms with E-state index < -0.39 is 6.10 Å².